The molecule has 148 valence electrons. The molecule has 1 atom stereocenters. The van der Waals surface area contributed by atoms with Crippen molar-refractivity contribution >= 4 is 11.9 Å². The van der Waals surface area contributed by atoms with Gasteiger partial charge in [0, 0.05) is 24.7 Å². The van der Waals surface area contributed by atoms with Crippen LogP contribution in [0.2, 0.25) is 0 Å². The van der Waals surface area contributed by atoms with E-state index in [2.05, 4.69) is 14.9 Å². The standard InChI is InChI=1S/C20H23N3O5/c1-26-19(24)11-14-10-15(22-21-14)13-6-8-23(9-7-13)20(25)18-12-27-16-4-2-3-5-17(16)28-18/h2-5,10,13,18H,6-9,11-12H2,1H3,(H,21,22)/t18-/m1/s1. The normalized spacial score (nSPS) is 19.3. The number of carbonyl (C=O) groups excluding carboxylic acids is 2. The van der Waals surface area contributed by atoms with E-state index < -0.39 is 6.10 Å². The highest BCUT2D eigenvalue weighted by Gasteiger charge is 2.33. The second-order valence-electron chi connectivity index (χ2n) is 7.03. The summed E-state index contributed by atoms with van der Waals surface area (Å²) in [5.74, 6) is 1.20. The quantitative estimate of drug-likeness (QED) is 0.805. The molecule has 1 fully saturated rings. The maximum atomic E-state index is 12.8. The van der Waals surface area contributed by atoms with Crippen LogP contribution in [0.4, 0.5) is 0 Å². The van der Waals surface area contributed by atoms with Crippen molar-refractivity contribution in [3.05, 3.63) is 41.7 Å². The zero-order chi connectivity index (χ0) is 19.5. The number of hydrogen-bond donors (Lipinski definition) is 1. The first-order chi connectivity index (χ1) is 13.6. The molecule has 8 nitrogen and oxygen atoms in total. The van der Waals surface area contributed by atoms with E-state index in [-0.39, 0.29) is 30.8 Å². The van der Waals surface area contributed by atoms with Gasteiger partial charge in [0.25, 0.3) is 5.91 Å². The van der Waals surface area contributed by atoms with Crippen molar-refractivity contribution in [2.24, 2.45) is 0 Å². The molecule has 0 radical (unpaired) electrons. The molecule has 4 rings (SSSR count). The molecule has 1 aromatic heterocycles. The molecule has 0 aliphatic carbocycles. The van der Waals surface area contributed by atoms with E-state index in [0.29, 0.717) is 24.6 Å². The predicted molar refractivity (Wildman–Crippen MR) is 99.2 cm³/mol. The number of rotatable bonds is 4. The lowest BCUT2D eigenvalue weighted by molar-refractivity contribution is -0.142. The number of hydrogen-bond acceptors (Lipinski definition) is 6. The first-order valence-corrected chi connectivity index (χ1v) is 9.42. The first-order valence-electron chi connectivity index (χ1n) is 9.42. The molecule has 1 amide bonds. The molecule has 8 heteroatoms. The summed E-state index contributed by atoms with van der Waals surface area (Å²) in [6, 6.07) is 9.29. The van der Waals surface area contributed by atoms with E-state index in [0.717, 1.165) is 24.2 Å². The van der Waals surface area contributed by atoms with Gasteiger partial charge < -0.3 is 19.1 Å². The van der Waals surface area contributed by atoms with Crippen molar-refractivity contribution in [2.45, 2.75) is 31.3 Å². The van der Waals surface area contributed by atoms with Crippen molar-refractivity contribution in [3.63, 3.8) is 0 Å². The molecule has 0 spiro atoms. The number of para-hydroxylation sites is 2. The number of benzene rings is 1. The maximum absolute atomic E-state index is 12.8. The Morgan fingerprint density at radius 3 is 2.75 bits per heavy atom. The summed E-state index contributed by atoms with van der Waals surface area (Å²) in [5.41, 5.74) is 1.67. The third-order valence-corrected chi connectivity index (χ3v) is 5.22. The molecule has 1 aromatic carbocycles. The number of ether oxygens (including phenoxy) is 3. The monoisotopic (exact) mass is 385 g/mol. The molecule has 2 aliphatic heterocycles. The average molecular weight is 385 g/mol. The van der Waals surface area contributed by atoms with Crippen molar-refractivity contribution in [3.8, 4) is 11.5 Å². The van der Waals surface area contributed by atoms with Gasteiger partial charge in [-0.1, -0.05) is 12.1 Å². The molecule has 1 N–H and O–H groups in total. The van der Waals surface area contributed by atoms with Crippen LogP contribution in [-0.2, 0) is 20.7 Å². The smallest absolute Gasteiger partial charge is 0.311 e. The minimum Gasteiger partial charge on any atom is -0.485 e. The Hall–Kier alpha value is -3.03. The Bertz CT molecular complexity index is 857. The number of nitrogens with one attached hydrogen (secondary N) is 1. The molecule has 0 saturated carbocycles. The summed E-state index contributed by atoms with van der Waals surface area (Å²) in [4.78, 5) is 26.0. The summed E-state index contributed by atoms with van der Waals surface area (Å²) < 4.78 is 16.2. The van der Waals surface area contributed by atoms with Gasteiger partial charge in [0.1, 0.15) is 6.61 Å². The fourth-order valence-corrected chi connectivity index (χ4v) is 3.65. The number of esters is 1. The minimum atomic E-state index is -0.608. The van der Waals surface area contributed by atoms with Gasteiger partial charge in [0.15, 0.2) is 11.5 Å². The van der Waals surface area contributed by atoms with Gasteiger partial charge in [-0.05, 0) is 31.0 Å². The van der Waals surface area contributed by atoms with E-state index in [1.165, 1.54) is 7.11 Å². The van der Waals surface area contributed by atoms with Crippen molar-refractivity contribution in [2.75, 3.05) is 26.8 Å². The van der Waals surface area contributed by atoms with Crippen LogP contribution >= 0.6 is 0 Å². The van der Waals surface area contributed by atoms with Crippen LogP contribution in [0.15, 0.2) is 30.3 Å². The van der Waals surface area contributed by atoms with Crippen LogP contribution in [0, 0.1) is 0 Å². The van der Waals surface area contributed by atoms with Gasteiger partial charge in [-0.2, -0.15) is 5.10 Å². The average Bonchev–Trinajstić information content (AvgIpc) is 3.21. The van der Waals surface area contributed by atoms with Crippen LogP contribution in [0.5, 0.6) is 11.5 Å². The molecule has 0 bridgehead atoms. The number of carbonyl (C=O) groups is 2. The van der Waals surface area contributed by atoms with Crippen molar-refractivity contribution in [1.82, 2.24) is 15.1 Å². The van der Waals surface area contributed by atoms with E-state index in [9.17, 15) is 9.59 Å². The second-order valence-corrected chi connectivity index (χ2v) is 7.03. The SMILES string of the molecule is COC(=O)Cc1cc(C2CCN(C(=O)[C@H]3COc4ccccc4O3)CC2)n[nH]1. The zero-order valence-corrected chi connectivity index (χ0v) is 15.7. The third-order valence-electron chi connectivity index (χ3n) is 5.22. The molecule has 28 heavy (non-hydrogen) atoms. The highest BCUT2D eigenvalue weighted by atomic mass is 16.6. The highest BCUT2D eigenvalue weighted by Crippen LogP contribution is 2.32. The Kier molecular flexibility index (Phi) is 5.18. The highest BCUT2D eigenvalue weighted by molar-refractivity contribution is 5.82. The topological polar surface area (TPSA) is 93.8 Å². The molecule has 3 heterocycles. The number of likely N-dealkylation sites (tertiary alicyclic amines) is 1. The summed E-state index contributed by atoms with van der Waals surface area (Å²) in [6.45, 7) is 1.51. The van der Waals surface area contributed by atoms with Gasteiger partial charge in [0.05, 0.1) is 19.2 Å². The van der Waals surface area contributed by atoms with E-state index in [4.69, 9.17) is 9.47 Å². The zero-order valence-electron chi connectivity index (χ0n) is 15.7. The summed E-state index contributed by atoms with van der Waals surface area (Å²) in [7, 11) is 1.37. The molecule has 2 aromatic rings. The van der Waals surface area contributed by atoms with Gasteiger partial charge in [0.2, 0.25) is 6.10 Å². The van der Waals surface area contributed by atoms with Gasteiger partial charge >= 0.3 is 5.97 Å². The number of fused-ring (bicyclic) bond motifs is 1. The van der Waals surface area contributed by atoms with E-state index in [1.54, 1.807) is 0 Å². The van der Waals surface area contributed by atoms with E-state index in [1.807, 2.05) is 35.2 Å². The lowest BCUT2D eigenvalue weighted by Crippen LogP contribution is -2.48. The molecule has 2 aliphatic rings. The third kappa shape index (κ3) is 3.81. The number of H-pyrrole nitrogens is 1. The number of nitrogens with zero attached hydrogens (tertiary/aromatic N) is 2. The Morgan fingerprint density at radius 1 is 1.25 bits per heavy atom. The summed E-state index contributed by atoms with van der Waals surface area (Å²) in [5, 5.41) is 7.23. The lowest BCUT2D eigenvalue weighted by atomic mass is 9.93. The lowest BCUT2D eigenvalue weighted by Gasteiger charge is -2.35. The maximum Gasteiger partial charge on any atom is 0.311 e. The van der Waals surface area contributed by atoms with Gasteiger partial charge in [-0.15, -0.1) is 0 Å². The summed E-state index contributed by atoms with van der Waals surface area (Å²) in [6.07, 6.45) is 1.21. The Morgan fingerprint density at radius 2 is 2.00 bits per heavy atom. The number of aromatic amines is 1. The van der Waals surface area contributed by atoms with Crippen molar-refractivity contribution in [1.29, 1.82) is 0 Å². The first kappa shape index (κ1) is 18.3. The number of amides is 1. The predicted octanol–water partition coefficient (Wildman–Crippen LogP) is 1.67. The van der Waals surface area contributed by atoms with E-state index >= 15 is 0 Å². The van der Waals surface area contributed by atoms with Crippen LogP contribution in [0.25, 0.3) is 0 Å². The van der Waals surface area contributed by atoms with Crippen LogP contribution in [0.3, 0.4) is 0 Å². The number of piperidine rings is 1. The van der Waals surface area contributed by atoms with Crippen LogP contribution in [-0.4, -0.2) is 59.9 Å². The molecular weight excluding hydrogens is 362 g/mol. The Balaban J connectivity index is 1.32. The van der Waals surface area contributed by atoms with Crippen LogP contribution in [0.1, 0.15) is 30.1 Å². The number of methoxy groups -OCH3 is 1. The molecule has 0 unspecified atom stereocenters. The Labute approximate surface area is 162 Å². The van der Waals surface area contributed by atoms with Crippen LogP contribution < -0.4 is 9.47 Å². The number of aromatic nitrogens is 2. The van der Waals surface area contributed by atoms with Gasteiger partial charge in [-0.3, -0.25) is 14.7 Å². The fraction of sp³-hybridized carbons (Fsp3) is 0.450. The molecular formula is C20H23N3O5. The summed E-state index contributed by atoms with van der Waals surface area (Å²) >= 11 is 0. The second kappa shape index (κ2) is 7.92. The van der Waals surface area contributed by atoms with Gasteiger partial charge in [-0.25, -0.2) is 0 Å². The fourth-order valence-electron chi connectivity index (χ4n) is 3.65. The van der Waals surface area contributed by atoms with Crippen molar-refractivity contribution < 1.29 is 23.8 Å². The minimum absolute atomic E-state index is 0.0404. The largest absolute Gasteiger partial charge is 0.485 e. The molecule has 1 saturated heterocycles.